The number of nitrogens with one attached hydrogen (secondary N) is 1. The molecule has 0 fully saturated rings. The molecule has 0 atom stereocenters. The van der Waals surface area contributed by atoms with E-state index in [9.17, 15) is 13.2 Å². The summed E-state index contributed by atoms with van der Waals surface area (Å²) < 4.78 is 23.3. The Labute approximate surface area is 140 Å². The van der Waals surface area contributed by atoms with Gasteiger partial charge in [0.15, 0.2) is 9.84 Å². The van der Waals surface area contributed by atoms with Gasteiger partial charge in [-0.25, -0.2) is 8.42 Å². The van der Waals surface area contributed by atoms with E-state index in [-0.39, 0.29) is 11.2 Å². The van der Waals surface area contributed by atoms with Crippen LogP contribution in [0.25, 0.3) is 0 Å². The lowest BCUT2D eigenvalue weighted by atomic mass is 10.1. The molecule has 130 valence electrons. The fourth-order valence-electron chi connectivity index (χ4n) is 2.36. The summed E-state index contributed by atoms with van der Waals surface area (Å²) >= 11 is 0. The van der Waals surface area contributed by atoms with Crippen LogP contribution in [0, 0.1) is 0 Å². The minimum Gasteiger partial charge on any atom is -0.326 e. The van der Waals surface area contributed by atoms with Crippen molar-refractivity contribution in [1.29, 1.82) is 0 Å². The molecule has 5 heteroatoms. The average Bonchev–Trinajstić information content (AvgIpc) is 2.47. The molecule has 23 heavy (non-hydrogen) atoms. The maximum absolute atomic E-state index is 11.7. The van der Waals surface area contributed by atoms with Gasteiger partial charge >= 0.3 is 0 Å². The van der Waals surface area contributed by atoms with Gasteiger partial charge in [0.1, 0.15) is 0 Å². The number of carbonyl (C=O) groups is 1. The van der Waals surface area contributed by atoms with Crippen LogP contribution >= 0.6 is 0 Å². The molecule has 0 aliphatic rings. The summed E-state index contributed by atoms with van der Waals surface area (Å²) in [6.07, 6.45) is 6.08. The topological polar surface area (TPSA) is 63.2 Å². The molecule has 0 unspecified atom stereocenters. The first-order chi connectivity index (χ1) is 10.8. The Hall–Kier alpha value is -1.36. The molecule has 1 amide bonds. The van der Waals surface area contributed by atoms with Crippen molar-refractivity contribution in [2.45, 2.75) is 64.5 Å². The summed E-state index contributed by atoms with van der Waals surface area (Å²) in [7, 11) is -2.88. The van der Waals surface area contributed by atoms with Crippen LogP contribution in [0.2, 0.25) is 0 Å². The van der Waals surface area contributed by atoms with E-state index in [0.717, 1.165) is 44.2 Å². The summed E-state index contributed by atoms with van der Waals surface area (Å²) in [4.78, 5) is 10.9. The van der Waals surface area contributed by atoms with E-state index in [2.05, 4.69) is 5.32 Å². The highest BCUT2D eigenvalue weighted by Gasteiger charge is 2.14. The highest BCUT2D eigenvalue weighted by molar-refractivity contribution is 7.91. The lowest BCUT2D eigenvalue weighted by molar-refractivity contribution is -0.114. The smallest absolute Gasteiger partial charge is 0.221 e. The third-order valence-corrected chi connectivity index (χ3v) is 6.18. The SMILES string of the molecule is CC(=O)Nc1ccc(CCCCCCCS(=O)(=O)C(C)C)cc1. The fourth-order valence-corrected chi connectivity index (χ4v) is 3.43. The molecule has 0 heterocycles. The Morgan fingerprint density at radius 2 is 1.57 bits per heavy atom. The third-order valence-electron chi connectivity index (χ3n) is 3.89. The lowest BCUT2D eigenvalue weighted by Gasteiger charge is -2.07. The van der Waals surface area contributed by atoms with Crippen LogP contribution in [-0.2, 0) is 21.1 Å². The van der Waals surface area contributed by atoms with Gasteiger partial charge < -0.3 is 5.32 Å². The molecule has 1 aromatic carbocycles. The second kappa shape index (κ2) is 9.71. The number of aryl methyl sites for hydroxylation is 1. The molecule has 0 saturated heterocycles. The molecule has 0 radical (unpaired) electrons. The number of hydrogen-bond donors (Lipinski definition) is 1. The van der Waals surface area contributed by atoms with Gasteiger partial charge in [0.25, 0.3) is 0 Å². The van der Waals surface area contributed by atoms with Crippen LogP contribution in [0.15, 0.2) is 24.3 Å². The lowest BCUT2D eigenvalue weighted by Crippen LogP contribution is -2.17. The Kier molecular flexibility index (Phi) is 8.31. The number of hydrogen-bond acceptors (Lipinski definition) is 3. The molecular weight excluding hydrogens is 310 g/mol. The van der Waals surface area contributed by atoms with Crippen molar-refractivity contribution in [3.63, 3.8) is 0 Å². The van der Waals surface area contributed by atoms with E-state index in [0.29, 0.717) is 5.75 Å². The first kappa shape index (κ1) is 19.7. The Morgan fingerprint density at radius 3 is 2.13 bits per heavy atom. The summed E-state index contributed by atoms with van der Waals surface area (Å²) in [5.74, 6) is 0.257. The number of benzene rings is 1. The van der Waals surface area contributed by atoms with Gasteiger partial charge in [0.05, 0.1) is 11.0 Å². The quantitative estimate of drug-likeness (QED) is 0.656. The van der Waals surface area contributed by atoms with Crippen molar-refractivity contribution < 1.29 is 13.2 Å². The van der Waals surface area contributed by atoms with Crippen molar-refractivity contribution in [3.05, 3.63) is 29.8 Å². The van der Waals surface area contributed by atoms with Gasteiger partial charge in [-0.2, -0.15) is 0 Å². The molecule has 1 aromatic rings. The highest BCUT2D eigenvalue weighted by atomic mass is 32.2. The van der Waals surface area contributed by atoms with Gasteiger partial charge in [-0.1, -0.05) is 31.4 Å². The maximum Gasteiger partial charge on any atom is 0.221 e. The maximum atomic E-state index is 11.7. The fraction of sp³-hybridized carbons (Fsp3) is 0.611. The predicted molar refractivity (Wildman–Crippen MR) is 96.5 cm³/mol. The van der Waals surface area contributed by atoms with Crippen molar-refractivity contribution in [2.24, 2.45) is 0 Å². The number of rotatable bonds is 10. The standard InChI is InChI=1S/C18H29NO3S/c1-15(2)23(21,22)14-8-6-4-5-7-9-17-10-12-18(13-11-17)19-16(3)20/h10-13,15H,4-9,14H2,1-3H3,(H,19,20). The Morgan fingerprint density at radius 1 is 1.00 bits per heavy atom. The van der Waals surface area contributed by atoms with Crippen LogP contribution in [0.4, 0.5) is 5.69 Å². The highest BCUT2D eigenvalue weighted by Crippen LogP contribution is 2.14. The van der Waals surface area contributed by atoms with Crippen LogP contribution in [-0.4, -0.2) is 25.3 Å². The summed E-state index contributed by atoms with van der Waals surface area (Å²) in [6.45, 7) is 4.99. The number of anilines is 1. The van der Waals surface area contributed by atoms with Crippen LogP contribution in [0.5, 0.6) is 0 Å². The minimum absolute atomic E-state index is 0.0581. The van der Waals surface area contributed by atoms with Gasteiger partial charge in [-0.05, 0) is 50.8 Å². The average molecular weight is 340 g/mol. The van der Waals surface area contributed by atoms with Gasteiger partial charge in [-0.15, -0.1) is 0 Å². The van der Waals surface area contributed by atoms with Crippen molar-refractivity contribution in [2.75, 3.05) is 11.1 Å². The van der Waals surface area contributed by atoms with Crippen molar-refractivity contribution in [3.8, 4) is 0 Å². The first-order valence-electron chi connectivity index (χ1n) is 8.39. The Balaban J connectivity index is 2.14. The van der Waals surface area contributed by atoms with Gasteiger partial charge in [0.2, 0.25) is 5.91 Å². The molecule has 0 aromatic heterocycles. The second-order valence-electron chi connectivity index (χ2n) is 6.31. The Bertz CT molecular complexity index is 577. The molecule has 4 nitrogen and oxygen atoms in total. The number of unbranched alkanes of at least 4 members (excludes halogenated alkanes) is 4. The van der Waals surface area contributed by atoms with E-state index in [1.165, 1.54) is 12.5 Å². The largest absolute Gasteiger partial charge is 0.326 e. The molecular formula is C18H29NO3S. The summed E-state index contributed by atoms with van der Waals surface area (Å²) in [6, 6.07) is 7.93. The molecule has 0 saturated carbocycles. The molecule has 0 aliphatic heterocycles. The number of carbonyl (C=O) groups excluding carboxylic acids is 1. The molecule has 1 N–H and O–H groups in total. The van der Waals surface area contributed by atoms with E-state index in [1.54, 1.807) is 13.8 Å². The minimum atomic E-state index is -2.88. The van der Waals surface area contributed by atoms with E-state index in [1.807, 2.05) is 24.3 Å². The summed E-state index contributed by atoms with van der Waals surface area (Å²) in [5, 5.41) is 2.49. The zero-order valence-electron chi connectivity index (χ0n) is 14.5. The number of sulfone groups is 1. The molecule has 0 aliphatic carbocycles. The summed E-state index contributed by atoms with van der Waals surface area (Å²) in [5.41, 5.74) is 2.09. The van der Waals surface area contributed by atoms with Crippen LogP contribution in [0.3, 0.4) is 0 Å². The molecule has 0 spiro atoms. The van der Waals surface area contributed by atoms with E-state index < -0.39 is 9.84 Å². The predicted octanol–water partition coefficient (Wildman–Crippen LogP) is 3.96. The van der Waals surface area contributed by atoms with Gasteiger partial charge in [0, 0.05) is 12.6 Å². The van der Waals surface area contributed by atoms with Gasteiger partial charge in [-0.3, -0.25) is 4.79 Å². The molecule has 0 bridgehead atoms. The third kappa shape index (κ3) is 8.16. The monoisotopic (exact) mass is 339 g/mol. The van der Waals surface area contributed by atoms with E-state index >= 15 is 0 Å². The zero-order chi connectivity index (χ0) is 17.3. The first-order valence-corrected chi connectivity index (χ1v) is 10.1. The van der Waals surface area contributed by atoms with Crippen molar-refractivity contribution >= 4 is 21.4 Å². The van der Waals surface area contributed by atoms with Crippen molar-refractivity contribution in [1.82, 2.24) is 0 Å². The van der Waals surface area contributed by atoms with Crippen LogP contribution in [0.1, 0.15) is 58.4 Å². The van der Waals surface area contributed by atoms with E-state index in [4.69, 9.17) is 0 Å². The van der Waals surface area contributed by atoms with Crippen LogP contribution < -0.4 is 5.32 Å². The zero-order valence-corrected chi connectivity index (χ0v) is 15.3. The molecule has 1 rings (SSSR count). The number of amides is 1. The second-order valence-corrected chi connectivity index (χ2v) is 8.99. The normalized spacial score (nSPS) is 11.7.